The second-order valence-electron chi connectivity index (χ2n) is 8.92. The Balaban J connectivity index is 1.39. The number of morpholine rings is 1. The monoisotopic (exact) mass is 577 g/mol. The molecule has 0 aliphatic carbocycles. The number of nitrogens with zero attached hydrogens (tertiary/aromatic N) is 4. The minimum absolute atomic E-state index is 0.0170. The molecule has 1 amide bonds. The fourth-order valence-electron chi connectivity index (χ4n) is 4.42. The smallest absolute Gasteiger partial charge is 0.267 e. The summed E-state index contributed by atoms with van der Waals surface area (Å²) in [6.45, 7) is 2.42. The molecule has 0 bridgehead atoms. The van der Waals surface area contributed by atoms with Crippen LogP contribution in [0.2, 0.25) is 0 Å². The second kappa shape index (κ2) is 10.7. The minimum atomic E-state index is -3.97. The van der Waals surface area contributed by atoms with E-state index in [0.29, 0.717) is 54.0 Å². The molecule has 1 aliphatic heterocycles. The maximum absolute atomic E-state index is 13.3. The Hall–Kier alpha value is -4.37. The summed E-state index contributed by atoms with van der Waals surface area (Å²) in [5.74, 6) is 0.505. The molecular formula is C26H23N7O5S2. The van der Waals surface area contributed by atoms with Crippen LogP contribution in [-0.4, -0.2) is 66.0 Å². The summed E-state index contributed by atoms with van der Waals surface area (Å²) in [7, 11) is -3.97. The number of thiophene rings is 1. The zero-order chi connectivity index (χ0) is 27.7. The largest absolute Gasteiger partial charge is 0.378 e. The average molecular weight is 578 g/mol. The summed E-state index contributed by atoms with van der Waals surface area (Å²) in [5, 5.41) is 17.1. The van der Waals surface area contributed by atoms with E-state index >= 15 is 0 Å². The molecule has 204 valence electrons. The molecule has 0 radical (unpaired) electrons. The number of aromatic nitrogens is 4. The molecule has 4 N–H and O–H groups in total. The lowest BCUT2D eigenvalue weighted by atomic mass is 10.1. The molecule has 0 spiro atoms. The van der Waals surface area contributed by atoms with Gasteiger partial charge in [-0.05, 0) is 35.9 Å². The lowest BCUT2D eigenvalue weighted by molar-refractivity contribution is -0.124. The molecule has 3 aromatic heterocycles. The normalized spacial score (nSPS) is 14.3. The van der Waals surface area contributed by atoms with Gasteiger partial charge in [0.15, 0.2) is 11.6 Å². The van der Waals surface area contributed by atoms with E-state index in [-0.39, 0.29) is 4.90 Å². The van der Waals surface area contributed by atoms with Gasteiger partial charge in [-0.25, -0.2) is 23.9 Å². The van der Waals surface area contributed by atoms with Gasteiger partial charge < -0.3 is 9.64 Å². The summed E-state index contributed by atoms with van der Waals surface area (Å²) in [5.41, 5.74) is 4.26. The van der Waals surface area contributed by atoms with Crippen LogP contribution in [0, 0.1) is 0 Å². The molecule has 40 heavy (non-hydrogen) atoms. The van der Waals surface area contributed by atoms with Crippen LogP contribution in [0.3, 0.4) is 0 Å². The van der Waals surface area contributed by atoms with Gasteiger partial charge >= 0.3 is 0 Å². The van der Waals surface area contributed by atoms with E-state index in [0.717, 1.165) is 27.2 Å². The van der Waals surface area contributed by atoms with Gasteiger partial charge in [-0.3, -0.25) is 19.8 Å². The van der Waals surface area contributed by atoms with E-state index in [1.807, 2.05) is 18.2 Å². The van der Waals surface area contributed by atoms with Crippen molar-refractivity contribution in [3.05, 3.63) is 66.4 Å². The maximum atomic E-state index is 13.3. The fraction of sp³-hybridized carbons (Fsp3) is 0.154. The summed E-state index contributed by atoms with van der Waals surface area (Å²) in [6, 6.07) is 13.6. The number of nitrogens with one attached hydrogen (secondary N) is 3. The number of anilines is 2. The van der Waals surface area contributed by atoms with Crippen LogP contribution in [0.5, 0.6) is 0 Å². The number of rotatable bonds is 7. The third kappa shape index (κ3) is 5.12. The number of H-pyrrole nitrogens is 1. The van der Waals surface area contributed by atoms with Crippen LogP contribution in [0.4, 0.5) is 10.8 Å². The number of ether oxygens (including phenoxy) is 1. The molecule has 2 aromatic carbocycles. The van der Waals surface area contributed by atoms with E-state index in [2.05, 4.69) is 19.8 Å². The van der Waals surface area contributed by atoms with E-state index in [1.165, 1.54) is 35.0 Å². The van der Waals surface area contributed by atoms with Gasteiger partial charge in [0.1, 0.15) is 5.00 Å². The van der Waals surface area contributed by atoms with Crippen LogP contribution < -0.4 is 15.1 Å². The van der Waals surface area contributed by atoms with Crippen LogP contribution in [-0.2, 0) is 19.6 Å². The first-order valence-electron chi connectivity index (χ1n) is 12.2. The third-order valence-corrected chi connectivity index (χ3v) is 8.86. The molecular weight excluding hydrogens is 554 g/mol. The van der Waals surface area contributed by atoms with Gasteiger partial charge in [-0.15, -0.1) is 11.3 Å². The van der Waals surface area contributed by atoms with E-state index in [1.54, 1.807) is 24.4 Å². The maximum Gasteiger partial charge on any atom is 0.267 e. The zero-order valence-corrected chi connectivity index (χ0v) is 22.5. The molecule has 14 heteroatoms. The Labute approximate surface area is 232 Å². The Kier molecular flexibility index (Phi) is 6.89. The van der Waals surface area contributed by atoms with Gasteiger partial charge in [0, 0.05) is 30.1 Å². The van der Waals surface area contributed by atoms with Crippen molar-refractivity contribution in [3.8, 4) is 11.4 Å². The number of benzene rings is 2. The van der Waals surface area contributed by atoms with Crippen LogP contribution >= 0.6 is 11.3 Å². The van der Waals surface area contributed by atoms with E-state index in [4.69, 9.17) is 19.9 Å². The summed E-state index contributed by atoms with van der Waals surface area (Å²) in [4.78, 5) is 23.2. The number of hydroxylamine groups is 1. The predicted octanol–water partition coefficient (Wildman–Crippen LogP) is 3.39. The Morgan fingerprint density at radius 2 is 1.95 bits per heavy atom. The third-order valence-electron chi connectivity index (χ3n) is 6.33. The van der Waals surface area contributed by atoms with Crippen molar-refractivity contribution in [1.82, 2.24) is 25.6 Å². The molecule has 4 heterocycles. The molecule has 1 fully saturated rings. The SMILES string of the molecule is O=C(/C=C/c1cccc(S(=O)(=O)Nc2cc3nc(-c4cccc5[nH]ncc45)nc(N4CCOCC4)c3s2)c1)NO. The molecule has 0 atom stereocenters. The first-order valence-corrected chi connectivity index (χ1v) is 14.5. The van der Waals surface area contributed by atoms with Gasteiger partial charge in [0.25, 0.3) is 15.9 Å². The number of amides is 1. The molecule has 0 unspecified atom stereocenters. The predicted molar refractivity (Wildman–Crippen MR) is 152 cm³/mol. The first-order chi connectivity index (χ1) is 19.4. The molecule has 6 rings (SSSR count). The Morgan fingerprint density at radius 3 is 2.77 bits per heavy atom. The minimum Gasteiger partial charge on any atom is -0.378 e. The lowest BCUT2D eigenvalue weighted by Crippen LogP contribution is -2.36. The number of sulfonamides is 1. The van der Waals surface area contributed by atoms with Crippen molar-refractivity contribution in [2.24, 2.45) is 0 Å². The standard InChI is InChI=1S/C26H23N7O5S2/c34-22(31-35)8-7-16-3-1-4-17(13-16)40(36,37)32-23-14-21-24(39-23)26(33-9-11-38-12-10-33)29-25(28-21)18-5-2-6-20-19(18)15-27-30-20/h1-8,13-15,32,35H,9-12H2,(H,27,30)(H,31,34)/b8-7+. The number of fused-ring (bicyclic) bond motifs is 2. The quantitative estimate of drug-likeness (QED) is 0.129. The van der Waals surface area contributed by atoms with Crippen LogP contribution in [0.1, 0.15) is 5.56 Å². The van der Waals surface area contributed by atoms with Gasteiger partial charge in [-0.2, -0.15) is 5.10 Å². The Bertz CT molecular complexity index is 1860. The van der Waals surface area contributed by atoms with Crippen molar-refractivity contribution in [2.75, 3.05) is 35.9 Å². The van der Waals surface area contributed by atoms with Crippen LogP contribution in [0.15, 0.2) is 65.7 Å². The van der Waals surface area contributed by atoms with Crippen molar-refractivity contribution < 1.29 is 23.2 Å². The molecule has 12 nitrogen and oxygen atoms in total. The number of hydrogen-bond donors (Lipinski definition) is 4. The highest BCUT2D eigenvalue weighted by molar-refractivity contribution is 7.93. The summed E-state index contributed by atoms with van der Waals surface area (Å²) < 4.78 is 35.6. The van der Waals surface area contributed by atoms with Crippen molar-refractivity contribution >= 4 is 65.3 Å². The summed E-state index contributed by atoms with van der Waals surface area (Å²) >= 11 is 1.26. The van der Waals surface area contributed by atoms with Gasteiger partial charge in [0.2, 0.25) is 0 Å². The number of carbonyl (C=O) groups excluding carboxylic acids is 1. The number of hydrogen-bond acceptors (Lipinski definition) is 10. The van der Waals surface area contributed by atoms with E-state index in [9.17, 15) is 13.2 Å². The highest BCUT2D eigenvalue weighted by Crippen LogP contribution is 2.38. The van der Waals surface area contributed by atoms with Crippen molar-refractivity contribution in [2.45, 2.75) is 4.90 Å². The van der Waals surface area contributed by atoms with Crippen LogP contribution in [0.25, 0.3) is 38.6 Å². The van der Waals surface area contributed by atoms with Crippen molar-refractivity contribution in [3.63, 3.8) is 0 Å². The zero-order valence-electron chi connectivity index (χ0n) is 20.9. The highest BCUT2D eigenvalue weighted by Gasteiger charge is 2.23. The first kappa shape index (κ1) is 25.9. The van der Waals surface area contributed by atoms with E-state index < -0.39 is 15.9 Å². The Morgan fingerprint density at radius 1 is 1.12 bits per heavy atom. The molecule has 1 aliphatic rings. The topological polar surface area (TPSA) is 162 Å². The van der Waals surface area contributed by atoms with Gasteiger partial charge in [0.05, 0.1) is 40.0 Å². The van der Waals surface area contributed by atoms with Crippen molar-refractivity contribution in [1.29, 1.82) is 0 Å². The number of carbonyl (C=O) groups is 1. The molecule has 0 saturated carbocycles. The fourth-order valence-corrected chi connectivity index (χ4v) is 6.78. The lowest BCUT2D eigenvalue weighted by Gasteiger charge is -2.28. The number of aromatic amines is 1. The molecule has 5 aromatic rings. The molecule has 1 saturated heterocycles. The van der Waals surface area contributed by atoms with Gasteiger partial charge in [-0.1, -0.05) is 24.3 Å². The average Bonchev–Trinajstić information content (AvgIpc) is 3.62. The highest BCUT2D eigenvalue weighted by atomic mass is 32.2. The second-order valence-corrected chi connectivity index (χ2v) is 11.7. The summed E-state index contributed by atoms with van der Waals surface area (Å²) in [6.07, 6.45) is 4.23.